The Kier molecular flexibility index (Phi) is 3.16. The standard InChI is InChI=1S/C18H21N/c1-14-6-2-3-7-15(14)10-18(13-19)11-16-8-4-5-9-17(16)12-18/h2-9H,10-13,19H2,1H3. The highest BCUT2D eigenvalue weighted by Gasteiger charge is 2.36. The molecule has 1 aliphatic rings. The normalized spacial score (nSPS) is 16.3. The third-order valence-electron chi connectivity index (χ3n) is 4.51. The van der Waals surface area contributed by atoms with Gasteiger partial charge in [0.15, 0.2) is 0 Å². The number of hydrogen-bond donors (Lipinski definition) is 1. The molecule has 0 atom stereocenters. The molecule has 0 unspecified atom stereocenters. The molecule has 0 saturated carbocycles. The van der Waals surface area contributed by atoms with Gasteiger partial charge in [-0.1, -0.05) is 48.5 Å². The van der Waals surface area contributed by atoms with E-state index in [-0.39, 0.29) is 5.41 Å². The molecule has 1 aliphatic carbocycles. The summed E-state index contributed by atoms with van der Waals surface area (Å²) < 4.78 is 0. The highest BCUT2D eigenvalue weighted by molar-refractivity contribution is 5.36. The van der Waals surface area contributed by atoms with E-state index in [4.69, 9.17) is 5.73 Å². The van der Waals surface area contributed by atoms with Crippen LogP contribution in [0.15, 0.2) is 48.5 Å². The van der Waals surface area contributed by atoms with Gasteiger partial charge in [-0.05, 0) is 60.4 Å². The van der Waals surface area contributed by atoms with E-state index in [2.05, 4.69) is 55.5 Å². The van der Waals surface area contributed by atoms with E-state index in [1.54, 1.807) is 0 Å². The summed E-state index contributed by atoms with van der Waals surface area (Å²) in [6.07, 6.45) is 3.33. The van der Waals surface area contributed by atoms with Gasteiger partial charge in [0.1, 0.15) is 0 Å². The molecule has 0 heterocycles. The van der Waals surface area contributed by atoms with E-state index in [9.17, 15) is 0 Å². The van der Waals surface area contributed by atoms with Crippen LogP contribution in [-0.4, -0.2) is 6.54 Å². The number of hydrogen-bond acceptors (Lipinski definition) is 1. The number of nitrogens with two attached hydrogens (primary N) is 1. The molecule has 3 rings (SSSR count). The van der Waals surface area contributed by atoms with Gasteiger partial charge in [-0.25, -0.2) is 0 Å². The van der Waals surface area contributed by atoms with Crippen molar-refractivity contribution in [2.45, 2.75) is 26.2 Å². The third-order valence-corrected chi connectivity index (χ3v) is 4.51. The van der Waals surface area contributed by atoms with Gasteiger partial charge in [0.05, 0.1) is 0 Å². The minimum absolute atomic E-state index is 0.218. The van der Waals surface area contributed by atoms with E-state index in [1.165, 1.54) is 22.3 Å². The van der Waals surface area contributed by atoms with Crippen LogP contribution in [0.25, 0.3) is 0 Å². The number of fused-ring (bicyclic) bond motifs is 1. The Labute approximate surface area is 115 Å². The Bertz CT molecular complexity index is 561. The highest BCUT2D eigenvalue weighted by Crippen LogP contribution is 2.39. The zero-order chi connectivity index (χ0) is 13.3. The van der Waals surface area contributed by atoms with Crippen molar-refractivity contribution in [2.24, 2.45) is 11.1 Å². The number of benzene rings is 2. The van der Waals surface area contributed by atoms with Gasteiger partial charge in [0.25, 0.3) is 0 Å². The maximum atomic E-state index is 6.15. The first-order valence-corrected chi connectivity index (χ1v) is 7.04. The van der Waals surface area contributed by atoms with Gasteiger partial charge in [-0.3, -0.25) is 0 Å². The van der Waals surface area contributed by atoms with Crippen LogP contribution in [0, 0.1) is 12.3 Å². The number of aryl methyl sites for hydroxylation is 1. The van der Waals surface area contributed by atoms with Gasteiger partial charge in [0, 0.05) is 0 Å². The molecule has 0 radical (unpaired) electrons. The first-order chi connectivity index (χ1) is 9.22. The van der Waals surface area contributed by atoms with Crippen LogP contribution < -0.4 is 5.73 Å². The summed E-state index contributed by atoms with van der Waals surface area (Å²) in [4.78, 5) is 0. The molecule has 2 aromatic rings. The van der Waals surface area contributed by atoms with Gasteiger partial charge in [-0.15, -0.1) is 0 Å². The van der Waals surface area contributed by atoms with E-state index in [0.29, 0.717) is 0 Å². The molecule has 0 aromatic heterocycles. The van der Waals surface area contributed by atoms with Crippen molar-refractivity contribution in [2.75, 3.05) is 6.54 Å². The molecule has 1 nitrogen and oxygen atoms in total. The van der Waals surface area contributed by atoms with Crippen molar-refractivity contribution in [3.05, 3.63) is 70.8 Å². The molecule has 98 valence electrons. The summed E-state index contributed by atoms with van der Waals surface area (Å²) >= 11 is 0. The smallest absolute Gasteiger partial charge is 0.00109 e. The SMILES string of the molecule is Cc1ccccc1CC1(CN)Cc2ccccc2C1. The first-order valence-electron chi connectivity index (χ1n) is 7.04. The Morgan fingerprint density at radius 3 is 2.11 bits per heavy atom. The largest absolute Gasteiger partial charge is 0.330 e. The van der Waals surface area contributed by atoms with Crippen LogP contribution in [0.1, 0.15) is 22.3 Å². The molecule has 2 N–H and O–H groups in total. The van der Waals surface area contributed by atoms with Crippen molar-refractivity contribution in [1.29, 1.82) is 0 Å². The third kappa shape index (κ3) is 2.31. The van der Waals surface area contributed by atoms with Crippen molar-refractivity contribution >= 4 is 0 Å². The summed E-state index contributed by atoms with van der Waals surface area (Å²) in [6, 6.07) is 17.5. The topological polar surface area (TPSA) is 26.0 Å². The molecule has 0 amide bonds. The molecule has 0 fully saturated rings. The molecular weight excluding hydrogens is 230 g/mol. The lowest BCUT2D eigenvalue weighted by atomic mass is 9.78. The Hall–Kier alpha value is -1.60. The van der Waals surface area contributed by atoms with E-state index in [0.717, 1.165) is 25.8 Å². The van der Waals surface area contributed by atoms with Crippen LogP contribution in [0.2, 0.25) is 0 Å². The van der Waals surface area contributed by atoms with E-state index >= 15 is 0 Å². The quantitative estimate of drug-likeness (QED) is 0.890. The summed E-state index contributed by atoms with van der Waals surface area (Å²) in [7, 11) is 0. The lowest BCUT2D eigenvalue weighted by Crippen LogP contribution is -2.33. The zero-order valence-electron chi connectivity index (χ0n) is 11.5. The second kappa shape index (κ2) is 4.82. The van der Waals surface area contributed by atoms with Crippen molar-refractivity contribution < 1.29 is 0 Å². The van der Waals surface area contributed by atoms with Crippen LogP contribution in [-0.2, 0) is 19.3 Å². The minimum atomic E-state index is 0.218. The average molecular weight is 251 g/mol. The van der Waals surface area contributed by atoms with Crippen molar-refractivity contribution in [1.82, 2.24) is 0 Å². The van der Waals surface area contributed by atoms with Gasteiger partial charge < -0.3 is 5.73 Å². The zero-order valence-corrected chi connectivity index (χ0v) is 11.5. The van der Waals surface area contributed by atoms with Gasteiger partial charge in [-0.2, -0.15) is 0 Å². The van der Waals surface area contributed by atoms with Crippen LogP contribution in [0.3, 0.4) is 0 Å². The summed E-state index contributed by atoms with van der Waals surface area (Å²) in [5, 5.41) is 0. The monoisotopic (exact) mass is 251 g/mol. The van der Waals surface area contributed by atoms with Gasteiger partial charge >= 0.3 is 0 Å². The molecule has 0 bridgehead atoms. The predicted molar refractivity (Wildman–Crippen MR) is 80.2 cm³/mol. The maximum absolute atomic E-state index is 6.15. The molecular formula is C18H21N. The lowest BCUT2D eigenvalue weighted by molar-refractivity contribution is 0.314. The summed E-state index contributed by atoms with van der Waals surface area (Å²) in [5.41, 5.74) is 12.2. The summed E-state index contributed by atoms with van der Waals surface area (Å²) in [6.45, 7) is 2.96. The second-order valence-electron chi connectivity index (χ2n) is 5.93. The van der Waals surface area contributed by atoms with Crippen LogP contribution in [0.4, 0.5) is 0 Å². The van der Waals surface area contributed by atoms with Crippen LogP contribution >= 0.6 is 0 Å². The first kappa shape index (κ1) is 12.4. The fraction of sp³-hybridized carbons (Fsp3) is 0.333. The highest BCUT2D eigenvalue weighted by atomic mass is 14.6. The fourth-order valence-electron chi connectivity index (χ4n) is 3.33. The number of rotatable bonds is 3. The van der Waals surface area contributed by atoms with Gasteiger partial charge in [0.2, 0.25) is 0 Å². The fourth-order valence-corrected chi connectivity index (χ4v) is 3.33. The predicted octanol–water partition coefficient (Wildman–Crippen LogP) is 3.28. The Balaban J connectivity index is 1.89. The lowest BCUT2D eigenvalue weighted by Gasteiger charge is -2.28. The maximum Gasteiger partial charge on any atom is -0.00109 e. The molecule has 0 spiro atoms. The summed E-state index contributed by atoms with van der Waals surface area (Å²) in [5.74, 6) is 0. The minimum Gasteiger partial charge on any atom is -0.330 e. The molecule has 2 aromatic carbocycles. The average Bonchev–Trinajstić information content (AvgIpc) is 2.80. The Morgan fingerprint density at radius 2 is 1.53 bits per heavy atom. The van der Waals surface area contributed by atoms with Crippen molar-refractivity contribution in [3.8, 4) is 0 Å². The van der Waals surface area contributed by atoms with Crippen molar-refractivity contribution in [3.63, 3.8) is 0 Å². The molecule has 0 saturated heterocycles. The van der Waals surface area contributed by atoms with E-state index in [1.807, 2.05) is 0 Å². The molecule has 0 aliphatic heterocycles. The van der Waals surface area contributed by atoms with E-state index < -0.39 is 0 Å². The Morgan fingerprint density at radius 1 is 0.947 bits per heavy atom. The molecule has 19 heavy (non-hydrogen) atoms. The molecule has 1 heteroatoms. The van der Waals surface area contributed by atoms with Crippen LogP contribution in [0.5, 0.6) is 0 Å². The second-order valence-corrected chi connectivity index (χ2v) is 5.93.